The Bertz CT molecular complexity index is 1040. The zero-order chi connectivity index (χ0) is 21.6. The molecule has 1 N–H and O–H groups in total. The van der Waals surface area contributed by atoms with Gasteiger partial charge in [-0.2, -0.15) is 0 Å². The van der Waals surface area contributed by atoms with Crippen molar-refractivity contribution in [2.75, 3.05) is 30.4 Å². The summed E-state index contributed by atoms with van der Waals surface area (Å²) in [5.41, 5.74) is 3.29. The number of hydrogen-bond acceptors (Lipinski definition) is 6. The summed E-state index contributed by atoms with van der Waals surface area (Å²) >= 11 is 1.59. The van der Waals surface area contributed by atoms with Gasteiger partial charge in [-0.1, -0.05) is 12.1 Å². The Morgan fingerprint density at radius 2 is 1.94 bits per heavy atom. The molecule has 31 heavy (non-hydrogen) atoms. The van der Waals surface area contributed by atoms with Crippen LogP contribution >= 0.6 is 11.3 Å². The summed E-state index contributed by atoms with van der Waals surface area (Å²) in [5, 5.41) is 6.05. The lowest BCUT2D eigenvalue weighted by Crippen LogP contribution is -2.30. The van der Waals surface area contributed by atoms with E-state index in [0.29, 0.717) is 23.7 Å². The summed E-state index contributed by atoms with van der Waals surface area (Å²) in [6.45, 7) is 4.36. The maximum absolute atomic E-state index is 13.0. The number of methoxy groups -OCH3 is 1. The molecule has 0 unspecified atom stereocenters. The first-order valence-corrected chi connectivity index (χ1v) is 11.4. The van der Waals surface area contributed by atoms with Crippen LogP contribution in [-0.4, -0.2) is 31.1 Å². The Balaban J connectivity index is 1.47. The summed E-state index contributed by atoms with van der Waals surface area (Å²) < 4.78 is 11.3. The van der Waals surface area contributed by atoms with E-state index in [-0.39, 0.29) is 5.91 Å². The molecule has 1 saturated heterocycles. The standard InChI is InChI=1S/C24H27N3O3S/c1-17-25-19(16-31-17)15-30-22-11-10-18(14-23(22)29-2)24(28)26-20-8-4-5-9-21(20)27-12-6-3-7-13-27/h4-5,8-11,14,16H,3,6-7,12-13,15H2,1-2H3,(H,26,28). The van der Waals surface area contributed by atoms with Crippen molar-refractivity contribution >= 4 is 28.6 Å². The first kappa shape index (κ1) is 21.2. The smallest absolute Gasteiger partial charge is 0.255 e. The van der Waals surface area contributed by atoms with Crippen molar-refractivity contribution < 1.29 is 14.3 Å². The van der Waals surface area contributed by atoms with Gasteiger partial charge in [0.05, 0.1) is 29.2 Å². The van der Waals surface area contributed by atoms with Crippen molar-refractivity contribution in [3.05, 3.63) is 64.1 Å². The predicted molar refractivity (Wildman–Crippen MR) is 125 cm³/mol. The number of aromatic nitrogens is 1. The number of anilines is 2. The summed E-state index contributed by atoms with van der Waals surface area (Å²) in [6.07, 6.45) is 3.63. The third kappa shape index (κ3) is 5.17. The van der Waals surface area contributed by atoms with E-state index in [9.17, 15) is 4.79 Å². The van der Waals surface area contributed by atoms with E-state index in [2.05, 4.69) is 21.3 Å². The molecule has 0 saturated carbocycles. The van der Waals surface area contributed by atoms with Crippen LogP contribution in [0.1, 0.15) is 40.3 Å². The fourth-order valence-corrected chi connectivity index (χ4v) is 4.34. The lowest BCUT2D eigenvalue weighted by Gasteiger charge is -2.30. The number of hydrogen-bond donors (Lipinski definition) is 1. The molecule has 162 valence electrons. The number of rotatable bonds is 7. The van der Waals surface area contributed by atoms with Crippen LogP contribution in [0.2, 0.25) is 0 Å². The second-order valence-electron chi connectivity index (χ2n) is 7.53. The molecule has 4 rings (SSSR count). The molecular formula is C24H27N3O3S. The first-order valence-electron chi connectivity index (χ1n) is 10.5. The molecule has 0 spiro atoms. The van der Waals surface area contributed by atoms with E-state index in [1.165, 1.54) is 19.3 Å². The molecule has 1 aliphatic heterocycles. The van der Waals surface area contributed by atoms with Crippen LogP contribution in [0.25, 0.3) is 0 Å². The van der Waals surface area contributed by atoms with Gasteiger partial charge in [0.2, 0.25) is 0 Å². The molecule has 0 bridgehead atoms. The van der Waals surface area contributed by atoms with Crippen LogP contribution in [-0.2, 0) is 6.61 Å². The highest BCUT2D eigenvalue weighted by Crippen LogP contribution is 2.31. The lowest BCUT2D eigenvalue weighted by molar-refractivity contribution is 0.102. The van der Waals surface area contributed by atoms with Crippen LogP contribution in [0.3, 0.4) is 0 Å². The minimum Gasteiger partial charge on any atom is -0.493 e. The number of benzene rings is 2. The number of carbonyl (C=O) groups excluding carboxylic acids is 1. The quantitative estimate of drug-likeness (QED) is 0.545. The lowest BCUT2D eigenvalue weighted by atomic mass is 10.1. The number of amides is 1. The Kier molecular flexibility index (Phi) is 6.72. The van der Waals surface area contributed by atoms with Gasteiger partial charge in [-0.05, 0) is 56.5 Å². The van der Waals surface area contributed by atoms with E-state index in [4.69, 9.17) is 9.47 Å². The van der Waals surface area contributed by atoms with Crippen LogP contribution in [0.5, 0.6) is 11.5 Å². The number of para-hydroxylation sites is 2. The van der Waals surface area contributed by atoms with Crippen molar-refractivity contribution in [3.8, 4) is 11.5 Å². The van der Waals surface area contributed by atoms with Gasteiger partial charge in [0, 0.05) is 24.0 Å². The Hall–Kier alpha value is -3.06. The number of thiazole rings is 1. The van der Waals surface area contributed by atoms with Crippen molar-refractivity contribution in [3.63, 3.8) is 0 Å². The van der Waals surface area contributed by atoms with Gasteiger partial charge < -0.3 is 19.7 Å². The molecule has 2 aromatic carbocycles. The van der Waals surface area contributed by atoms with Gasteiger partial charge in [-0.15, -0.1) is 11.3 Å². The van der Waals surface area contributed by atoms with E-state index >= 15 is 0 Å². The number of nitrogens with zero attached hydrogens (tertiary/aromatic N) is 2. The van der Waals surface area contributed by atoms with Crippen molar-refractivity contribution in [2.45, 2.75) is 32.8 Å². The molecule has 3 aromatic rings. The molecule has 2 heterocycles. The van der Waals surface area contributed by atoms with Crippen LogP contribution < -0.4 is 19.7 Å². The number of ether oxygens (including phenoxy) is 2. The zero-order valence-corrected chi connectivity index (χ0v) is 18.7. The second kappa shape index (κ2) is 9.83. The Morgan fingerprint density at radius 3 is 2.68 bits per heavy atom. The molecule has 7 heteroatoms. The molecule has 6 nitrogen and oxygen atoms in total. The van der Waals surface area contributed by atoms with E-state index in [0.717, 1.165) is 35.2 Å². The third-order valence-electron chi connectivity index (χ3n) is 5.32. The molecular weight excluding hydrogens is 410 g/mol. The van der Waals surface area contributed by atoms with E-state index < -0.39 is 0 Å². The van der Waals surface area contributed by atoms with Crippen molar-refractivity contribution in [2.24, 2.45) is 0 Å². The highest BCUT2D eigenvalue weighted by atomic mass is 32.1. The molecule has 1 aromatic heterocycles. The minimum atomic E-state index is -0.176. The highest BCUT2D eigenvalue weighted by molar-refractivity contribution is 7.09. The number of nitrogens with one attached hydrogen (secondary N) is 1. The molecule has 0 atom stereocenters. The summed E-state index contributed by atoms with van der Waals surface area (Å²) in [5.74, 6) is 0.923. The highest BCUT2D eigenvalue weighted by Gasteiger charge is 2.17. The molecule has 0 aliphatic carbocycles. The average molecular weight is 438 g/mol. The van der Waals surface area contributed by atoms with Crippen molar-refractivity contribution in [1.82, 2.24) is 4.98 Å². The third-order valence-corrected chi connectivity index (χ3v) is 6.14. The van der Waals surface area contributed by atoms with Gasteiger partial charge in [0.15, 0.2) is 11.5 Å². The maximum Gasteiger partial charge on any atom is 0.255 e. The Labute approximate surface area is 186 Å². The maximum atomic E-state index is 13.0. The van der Waals surface area contributed by atoms with Crippen molar-refractivity contribution in [1.29, 1.82) is 0 Å². The number of aryl methyl sites for hydroxylation is 1. The SMILES string of the molecule is COc1cc(C(=O)Nc2ccccc2N2CCCCC2)ccc1OCc1csc(C)n1. The summed E-state index contributed by atoms with van der Waals surface area (Å²) in [4.78, 5) is 19.7. The van der Waals surface area contributed by atoms with Crippen LogP contribution in [0.15, 0.2) is 47.8 Å². The monoisotopic (exact) mass is 437 g/mol. The van der Waals surface area contributed by atoms with Gasteiger partial charge in [0.25, 0.3) is 5.91 Å². The normalized spacial score (nSPS) is 13.7. The number of carbonyl (C=O) groups is 1. The average Bonchev–Trinajstić information content (AvgIpc) is 3.23. The van der Waals surface area contributed by atoms with Crippen LogP contribution in [0, 0.1) is 6.92 Å². The molecule has 0 radical (unpaired) electrons. The van der Waals surface area contributed by atoms with Gasteiger partial charge in [-0.3, -0.25) is 4.79 Å². The van der Waals surface area contributed by atoms with Gasteiger partial charge >= 0.3 is 0 Å². The first-order chi connectivity index (χ1) is 15.1. The zero-order valence-electron chi connectivity index (χ0n) is 17.9. The molecule has 1 amide bonds. The Morgan fingerprint density at radius 1 is 1.13 bits per heavy atom. The second-order valence-corrected chi connectivity index (χ2v) is 8.59. The fourth-order valence-electron chi connectivity index (χ4n) is 3.74. The largest absolute Gasteiger partial charge is 0.493 e. The number of piperidine rings is 1. The minimum absolute atomic E-state index is 0.176. The molecule has 1 fully saturated rings. The molecule has 1 aliphatic rings. The predicted octanol–water partition coefficient (Wildman–Crippen LogP) is 5.28. The van der Waals surface area contributed by atoms with E-state index in [1.807, 2.05) is 30.5 Å². The fraction of sp³-hybridized carbons (Fsp3) is 0.333. The van der Waals surface area contributed by atoms with Crippen LogP contribution in [0.4, 0.5) is 11.4 Å². The summed E-state index contributed by atoms with van der Waals surface area (Å²) in [6, 6.07) is 13.2. The van der Waals surface area contributed by atoms with Gasteiger partial charge in [-0.25, -0.2) is 4.98 Å². The van der Waals surface area contributed by atoms with Gasteiger partial charge in [0.1, 0.15) is 6.61 Å². The summed E-state index contributed by atoms with van der Waals surface area (Å²) in [7, 11) is 1.57. The van der Waals surface area contributed by atoms with E-state index in [1.54, 1.807) is 36.6 Å². The topological polar surface area (TPSA) is 63.7 Å².